The summed E-state index contributed by atoms with van der Waals surface area (Å²) in [6.07, 6.45) is -0.564. The Labute approximate surface area is 129 Å². The van der Waals surface area contributed by atoms with Crippen molar-refractivity contribution >= 4 is 45.7 Å². The number of nitrogens with one attached hydrogen (secondary N) is 3. The Bertz CT molecular complexity index is 589. The van der Waals surface area contributed by atoms with E-state index in [1.807, 2.05) is 0 Å². The van der Waals surface area contributed by atoms with Gasteiger partial charge in [-0.2, -0.15) is 0 Å². The highest BCUT2D eigenvalue weighted by molar-refractivity contribution is 7.20. The van der Waals surface area contributed by atoms with Crippen molar-refractivity contribution in [2.24, 2.45) is 0 Å². The van der Waals surface area contributed by atoms with Crippen LogP contribution in [0.5, 0.6) is 0 Å². The minimum atomic E-state index is -1.13. The molecule has 1 fully saturated rings. The first kappa shape index (κ1) is 15.7. The van der Waals surface area contributed by atoms with Crippen LogP contribution in [0.3, 0.4) is 0 Å². The molecular formula is C12H14ClN3O4S. The average Bonchev–Trinajstić information content (AvgIpc) is 2.73. The number of hydrogen-bond acceptors (Lipinski definition) is 5. The fraction of sp³-hybridized carbons (Fsp3) is 0.417. The number of hydrogen-bond donors (Lipinski definition) is 4. The van der Waals surface area contributed by atoms with E-state index in [9.17, 15) is 19.5 Å². The van der Waals surface area contributed by atoms with Gasteiger partial charge >= 0.3 is 0 Å². The first-order valence-corrected chi connectivity index (χ1v) is 7.41. The Hall–Kier alpha value is -1.64. The number of thiophene rings is 1. The molecule has 0 radical (unpaired) electrons. The molecule has 0 spiro atoms. The van der Waals surface area contributed by atoms with Crippen LogP contribution in [0.15, 0.2) is 6.07 Å². The van der Waals surface area contributed by atoms with Crippen LogP contribution in [0.25, 0.3) is 0 Å². The molecule has 3 amide bonds. The van der Waals surface area contributed by atoms with Crippen molar-refractivity contribution in [3.05, 3.63) is 16.0 Å². The van der Waals surface area contributed by atoms with Gasteiger partial charge in [0.05, 0.1) is 15.9 Å². The zero-order chi connectivity index (χ0) is 15.6. The van der Waals surface area contributed by atoms with Crippen molar-refractivity contribution in [1.29, 1.82) is 0 Å². The standard InChI is InChI=1S/C12H14ClN3O4S/c1-5(17)14-12-6(4-8(13)21-12)10(19)15-7-2-3-9(18)16-11(7)20/h4,7,11,20H,2-3H2,1H3,(H,14,17)(H,15,19)(H,16,18). The molecule has 0 bridgehead atoms. The van der Waals surface area contributed by atoms with Crippen molar-refractivity contribution in [3.8, 4) is 0 Å². The topological polar surface area (TPSA) is 108 Å². The highest BCUT2D eigenvalue weighted by atomic mass is 35.5. The Morgan fingerprint density at radius 1 is 1.52 bits per heavy atom. The van der Waals surface area contributed by atoms with E-state index in [0.29, 0.717) is 15.8 Å². The van der Waals surface area contributed by atoms with E-state index in [0.717, 1.165) is 11.3 Å². The molecule has 2 unspecified atom stereocenters. The largest absolute Gasteiger partial charge is 0.372 e. The number of rotatable bonds is 3. The highest BCUT2D eigenvalue weighted by Gasteiger charge is 2.29. The van der Waals surface area contributed by atoms with Crippen LogP contribution in [-0.4, -0.2) is 35.1 Å². The highest BCUT2D eigenvalue weighted by Crippen LogP contribution is 2.31. The maximum Gasteiger partial charge on any atom is 0.254 e. The van der Waals surface area contributed by atoms with Gasteiger partial charge in [0.1, 0.15) is 11.2 Å². The quantitative estimate of drug-likeness (QED) is 0.653. The van der Waals surface area contributed by atoms with Gasteiger partial charge in [0.2, 0.25) is 11.8 Å². The lowest BCUT2D eigenvalue weighted by Gasteiger charge is -2.28. The molecule has 4 N–H and O–H groups in total. The van der Waals surface area contributed by atoms with Crippen LogP contribution in [-0.2, 0) is 9.59 Å². The summed E-state index contributed by atoms with van der Waals surface area (Å²) >= 11 is 6.94. The molecule has 7 nitrogen and oxygen atoms in total. The van der Waals surface area contributed by atoms with Crippen LogP contribution in [0.1, 0.15) is 30.1 Å². The van der Waals surface area contributed by atoms with E-state index >= 15 is 0 Å². The summed E-state index contributed by atoms with van der Waals surface area (Å²) in [7, 11) is 0. The van der Waals surface area contributed by atoms with E-state index in [4.69, 9.17) is 11.6 Å². The van der Waals surface area contributed by atoms with E-state index < -0.39 is 18.2 Å². The van der Waals surface area contributed by atoms with E-state index in [-0.39, 0.29) is 23.8 Å². The number of halogens is 1. The fourth-order valence-electron chi connectivity index (χ4n) is 1.96. The number of piperidine rings is 1. The van der Waals surface area contributed by atoms with Gasteiger partial charge in [0.15, 0.2) is 0 Å². The smallest absolute Gasteiger partial charge is 0.254 e. The van der Waals surface area contributed by atoms with Gasteiger partial charge in [-0.05, 0) is 12.5 Å². The molecule has 1 aliphatic heterocycles. The molecule has 2 atom stereocenters. The molecule has 0 aromatic carbocycles. The molecule has 1 saturated heterocycles. The average molecular weight is 332 g/mol. The molecule has 2 heterocycles. The maximum absolute atomic E-state index is 12.2. The lowest BCUT2D eigenvalue weighted by Crippen LogP contribution is -2.55. The van der Waals surface area contributed by atoms with Crippen LogP contribution in [0, 0.1) is 0 Å². The Morgan fingerprint density at radius 3 is 2.86 bits per heavy atom. The second-order valence-corrected chi connectivity index (χ2v) is 6.29. The molecular weight excluding hydrogens is 318 g/mol. The number of amides is 3. The molecule has 0 saturated carbocycles. The zero-order valence-electron chi connectivity index (χ0n) is 11.1. The Balaban J connectivity index is 2.09. The maximum atomic E-state index is 12.2. The summed E-state index contributed by atoms with van der Waals surface area (Å²) in [5.74, 6) is -1.04. The van der Waals surface area contributed by atoms with Gasteiger partial charge < -0.3 is 21.1 Å². The number of anilines is 1. The molecule has 1 aromatic heterocycles. The number of carbonyl (C=O) groups is 3. The Morgan fingerprint density at radius 2 is 2.24 bits per heavy atom. The van der Waals surface area contributed by atoms with Crippen molar-refractivity contribution in [3.63, 3.8) is 0 Å². The van der Waals surface area contributed by atoms with E-state index in [1.165, 1.54) is 13.0 Å². The summed E-state index contributed by atoms with van der Waals surface area (Å²) in [6.45, 7) is 1.33. The van der Waals surface area contributed by atoms with E-state index in [2.05, 4.69) is 16.0 Å². The van der Waals surface area contributed by atoms with Gasteiger partial charge in [0.25, 0.3) is 5.91 Å². The normalized spacial score (nSPS) is 21.6. The van der Waals surface area contributed by atoms with Gasteiger partial charge in [-0.3, -0.25) is 14.4 Å². The van der Waals surface area contributed by atoms with Crippen molar-refractivity contribution in [2.75, 3.05) is 5.32 Å². The van der Waals surface area contributed by atoms with Crippen molar-refractivity contribution < 1.29 is 19.5 Å². The summed E-state index contributed by atoms with van der Waals surface area (Å²) in [5, 5.41) is 17.6. The minimum Gasteiger partial charge on any atom is -0.372 e. The van der Waals surface area contributed by atoms with Crippen molar-refractivity contribution in [2.45, 2.75) is 32.0 Å². The molecule has 0 aliphatic carbocycles. The minimum absolute atomic E-state index is 0.226. The van der Waals surface area contributed by atoms with Gasteiger partial charge in [-0.1, -0.05) is 11.6 Å². The number of aliphatic hydroxyl groups is 1. The third-order valence-electron chi connectivity index (χ3n) is 2.93. The monoisotopic (exact) mass is 331 g/mol. The molecule has 1 aliphatic rings. The molecule has 1 aromatic rings. The summed E-state index contributed by atoms with van der Waals surface area (Å²) in [4.78, 5) is 34.4. The first-order chi connectivity index (χ1) is 9.86. The molecule has 21 heavy (non-hydrogen) atoms. The van der Waals surface area contributed by atoms with E-state index in [1.54, 1.807) is 0 Å². The fourth-order valence-corrected chi connectivity index (χ4v) is 3.13. The van der Waals surface area contributed by atoms with Crippen LogP contribution in [0.2, 0.25) is 4.34 Å². The van der Waals surface area contributed by atoms with Crippen LogP contribution < -0.4 is 16.0 Å². The lowest BCUT2D eigenvalue weighted by atomic mass is 10.0. The Kier molecular flexibility index (Phi) is 4.81. The first-order valence-electron chi connectivity index (χ1n) is 6.22. The third kappa shape index (κ3) is 3.93. The summed E-state index contributed by atoms with van der Waals surface area (Å²) in [6, 6.07) is 0.861. The zero-order valence-corrected chi connectivity index (χ0v) is 12.7. The molecule has 9 heteroatoms. The second kappa shape index (κ2) is 6.42. The van der Waals surface area contributed by atoms with Crippen LogP contribution in [0.4, 0.5) is 5.00 Å². The number of carbonyl (C=O) groups excluding carboxylic acids is 3. The molecule has 114 valence electrons. The predicted molar refractivity (Wildman–Crippen MR) is 78.3 cm³/mol. The summed E-state index contributed by atoms with van der Waals surface area (Å²) < 4.78 is 0.362. The lowest BCUT2D eigenvalue weighted by molar-refractivity contribution is -0.127. The predicted octanol–water partition coefficient (Wildman–Crippen LogP) is 0.687. The van der Waals surface area contributed by atoms with Gasteiger partial charge in [0, 0.05) is 13.3 Å². The van der Waals surface area contributed by atoms with Gasteiger partial charge in [-0.25, -0.2) is 0 Å². The summed E-state index contributed by atoms with van der Waals surface area (Å²) in [5.41, 5.74) is 0.226. The van der Waals surface area contributed by atoms with Crippen molar-refractivity contribution in [1.82, 2.24) is 10.6 Å². The second-order valence-electron chi connectivity index (χ2n) is 4.61. The molecule has 2 rings (SSSR count). The number of aliphatic hydroxyl groups excluding tert-OH is 1. The van der Waals surface area contributed by atoms with Crippen LogP contribution >= 0.6 is 22.9 Å². The van der Waals surface area contributed by atoms with Gasteiger partial charge in [-0.15, -0.1) is 11.3 Å². The SMILES string of the molecule is CC(=O)Nc1sc(Cl)cc1C(=O)NC1CCC(=O)NC1O. The third-order valence-corrected chi connectivity index (χ3v) is 4.10.